The topological polar surface area (TPSA) is 38.7 Å². The highest BCUT2D eigenvalue weighted by Gasteiger charge is 2.19. The molecule has 0 saturated carbocycles. The molecule has 1 heterocycles. The molecule has 3 nitrogen and oxygen atoms in total. The lowest BCUT2D eigenvalue weighted by atomic mass is 9.95. The van der Waals surface area contributed by atoms with Gasteiger partial charge < -0.3 is 14.6 Å². The third-order valence-corrected chi connectivity index (χ3v) is 4.24. The van der Waals surface area contributed by atoms with E-state index in [1.807, 2.05) is 25.1 Å². The Balaban J connectivity index is 2.05. The predicted octanol–water partition coefficient (Wildman–Crippen LogP) is 3.98. The molecule has 1 aromatic carbocycles. The highest BCUT2D eigenvalue weighted by atomic mass is 35.5. The summed E-state index contributed by atoms with van der Waals surface area (Å²) in [5.74, 6) is 0.909. The number of halogens is 1. The number of aliphatic hydroxyl groups excluding tert-OH is 1. The van der Waals surface area contributed by atoms with E-state index < -0.39 is 6.10 Å². The zero-order valence-corrected chi connectivity index (χ0v) is 12.9. The molecule has 20 heavy (non-hydrogen) atoms. The van der Waals surface area contributed by atoms with Crippen LogP contribution < -0.4 is 4.74 Å². The maximum Gasteiger partial charge on any atom is 0.138 e. The number of hydrogen-bond acceptors (Lipinski definition) is 3. The molecule has 2 atom stereocenters. The van der Waals surface area contributed by atoms with Crippen LogP contribution in [-0.2, 0) is 4.74 Å². The second-order valence-corrected chi connectivity index (χ2v) is 5.86. The van der Waals surface area contributed by atoms with E-state index in [0.717, 1.165) is 38.0 Å². The number of benzene rings is 1. The van der Waals surface area contributed by atoms with E-state index >= 15 is 0 Å². The lowest BCUT2D eigenvalue weighted by Gasteiger charge is -2.24. The summed E-state index contributed by atoms with van der Waals surface area (Å²) in [5.41, 5.74) is 0.851. The number of aliphatic hydroxyl groups is 1. The smallest absolute Gasteiger partial charge is 0.138 e. The molecular formula is C16H23ClO3. The third-order valence-electron chi connectivity index (χ3n) is 3.94. The van der Waals surface area contributed by atoms with Gasteiger partial charge >= 0.3 is 0 Å². The predicted molar refractivity (Wildman–Crippen MR) is 80.3 cm³/mol. The highest BCUT2D eigenvalue weighted by molar-refractivity contribution is 6.32. The monoisotopic (exact) mass is 298 g/mol. The van der Waals surface area contributed by atoms with Gasteiger partial charge in [-0.15, -0.1) is 0 Å². The fourth-order valence-electron chi connectivity index (χ4n) is 2.32. The molecule has 0 amide bonds. The fourth-order valence-corrected chi connectivity index (χ4v) is 2.56. The minimum atomic E-state index is -0.477. The Bertz CT molecular complexity index is 430. The number of ether oxygens (including phenoxy) is 2. The van der Waals surface area contributed by atoms with Crippen molar-refractivity contribution in [2.75, 3.05) is 13.2 Å². The van der Waals surface area contributed by atoms with Gasteiger partial charge in [0.05, 0.1) is 24.3 Å². The second kappa shape index (κ2) is 7.30. The lowest BCUT2D eigenvalue weighted by molar-refractivity contribution is 0.0256. The zero-order chi connectivity index (χ0) is 14.5. The highest BCUT2D eigenvalue weighted by Crippen LogP contribution is 2.32. The van der Waals surface area contributed by atoms with Crippen molar-refractivity contribution in [3.63, 3.8) is 0 Å². The van der Waals surface area contributed by atoms with Crippen LogP contribution >= 0.6 is 11.6 Å². The van der Waals surface area contributed by atoms with Crippen molar-refractivity contribution in [1.29, 1.82) is 0 Å². The first kappa shape index (κ1) is 15.6. The zero-order valence-electron chi connectivity index (χ0n) is 12.1. The summed E-state index contributed by atoms with van der Waals surface area (Å²) in [6.07, 6.45) is 2.42. The molecule has 0 spiro atoms. The largest absolute Gasteiger partial charge is 0.489 e. The van der Waals surface area contributed by atoms with Crippen molar-refractivity contribution in [1.82, 2.24) is 0 Å². The fraction of sp³-hybridized carbons (Fsp3) is 0.625. The van der Waals surface area contributed by atoms with E-state index in [9.17, 15) is 5.11 Å². The minimum absolute atomic E-state index is 0.173. The van der Waals surface area contributed by atoms with Gasteiger partial charge in [-0.2, -0.15) is 0 Å². The molecule has 112 valence electrons. The van der Waals surface area contributed by atoms with E-state index in [0.29, 0.717) is 10.8 Å². The van der Waals surface area contributed by atoms with E-state index in [1.54, 1.807) is 0 Å². The van der Waals surface area contributed by atoms with Crippen LogP contribution in [0.15, 0.2) is 18.2 Å². The molecule has 1 unspecified atom stereocenters. The number of rotatable bonds is 5. The number of hydrogen-bond donors (Lipinski definition) is 1. The summed E-state index contributed by atoms with van der Waals surface area (Å²) < 4.78 is 11.2. The molecule has 0 radical (unpaired) electrons. The Labute approximate surface area is 125 Å². The van der Waals surface area contributed by atoms with Gasteiger partial charge in [0.1, 0.15) is 11.9 Å². The van der Waals surface area contributed by atoms with Gasteiger partial charge in [0.15, 0.2) is 0 Å². The van der Waals surface area contributed by atoms with Gasteiger partial charge in [-0.05, 0) is 23.6 Å². The summed E-state index contributed by atoms with van der Waals surface area (Å²) in [5, 5.41) is 10.8. The van der Waals surface area contributed by atoms with E-state index in [1.165, 1.54) is 0 Å². The Morgan fingerprint density at radius 3 is 2.70 bits per heavy atom. The quantitative estimate of drug-likeness (QED) is 0.893. The van der Waals surface area contributed by atoms with Gasteiger partial charge in [0.25, 0.3) is 0 Å². The van der Waals surface area contributed by atoms with Gasteiger partial charge in [-0.1, -0.05) is 37.9 Å². The maximum atomic E-state index is 10.2. The summed E-state index contributed by atoms with van der Waals surface area (Å²) in [6.45, 7) is 5.59. The van der Waals surface area contributed by atoms with Crippen LogP contribution in [-0.4, -0.2) is 24.4 Å². The molecule has 1 aliphatic heterocycles. The van der Waals surface area contributed by atoms with E-state index in [2.05, 4.69) is 6.92 Å². The normalized spacial score (nSPS) is 19.6. The van der Waals surface area contributed by atoms with Crippen molar-refractivity contribution in [3.05, 3.63) is 28.8 Å². The van der Waals surface area contributed by atoms with Crippen LogP contribution in [0.1, 0.15) is 44.8 Å². The first-order valence-corrected chi connectivity index (χ1v) is 7.71. The SMILES string of the molecule is CC[C@@H](C)C(O)c1ccc(OC2CCOCC2)c(Cl)c1. The van der Waals surface area contributed by atoms with Crippen LogP contribution in [0.25, 0.3) is 0 Å². The molecule has 2 rings (SSSR count). The molecule has 1 N–H and O–H groups in total. The van der Waals surface area contributed by atoms with E-state index in [-0.39, 0.29) is 12.0 Å². The summed E-state index contributed by atoms with van der Waals surface area (Å²) >= 11 is 6.27. The molecule has 0 aromatic heterocycles. The minimum Gasteiger partial charge on any atom is -0.489 e. The molecule has 1 aliphatic rings. The average molecular weight is 299 g/mol. The molecule has 0 aliphatic carbocycles. The Hall–Kier alpha value is -0.770. The van der Waals surface area contributed by atoms with Gasteiger partial charge in [-0.3, -0.25) is 0 Å². The van der Waals surface area contributed by atoms with Crippen LogP contribution in [0.2, 0.25) is 5.02 Å². The first-order chi connectivity index (χ1) is 9.61. The van der Waals surface area contributed by atoms with Crippen molar-refractivity contribution in [2.24, 2.45) is 5.92 Å². The molecule has 1 fully saturated rings. The van der Waals surface area contributed by atoms with Crippen molar-refractivity contribution < 1.29 is 14.6 Å². The lowest BCUT2D eigenvalue weighted by Crippen LogP contribution is -2.26. The standard InChI is InChI=1S/C16H23ClO3/c1-3-11(2)16(18)12-4-5-15(14(17)10-12)20-13-6-8-19-9-7-13/h4-5,10-11,13,16,18H,3,6-9H2,1-2H3/t11-,16?/m1/s1. The Morgan fingerprint density at radius 1 is 1.40 bits per heavy atom. The summed E-state index contributed by atoms with van der Waals surface area (Å²) in [4.78, 5) is 0. The van der Waals surface area contributed by atoms with Crippen molar-refractivity contribution >= 4 is 11.6 Å². The average Bonchev–Trinajstić information content (AvgIpc) is 2.48. The van der Waals surface area contributed by atoms with E-state index in [4.69, 9.17) is 21.1 Å². The summed E-state index contributed by atoms with van der Waals surface area (Å²) in [7, 11) is 0. The Morgan fingerprint density at radius 2 is 2.10 bits per heavy atom. The molecule has 4 heteroatoms. The molecule has 1 aromatic rings. The van der Waals surface area contributed by atoms with Gasteiger partial charge in [0.2, 0.25) is 0 Å². The second-order valence-electron chi connectivity index (χ2n) is 5.45. The maximum absolute atomic E-state index is 10.2. The Kier molecular flexibility index (Phi) is 5.70. The molecule has 0 bridgehead atoms. The van der Waals surface area contributed by atoms with Gasteiger partial charge in [-0.25, -0.2) is 0 Å². The van der Waals surface area contributed by atoms with Gasteiger partial charge in [0, 0.05) is 12.8 Å². The summed E-state index contributed by atoms with van der Waals surface area (Å²) in [6, 6.07) is 5.57. The molecular weight excluding hydrogens is 276 g/mol. The third kappa shape index (κ3) is 3.87. The van der Waals surface area contributed by atoms with Crippen LogP contribution in [0.3, 0.4) is 0 Å². The van der Waals surface area contributed by atoms with Crippen LogP contribution in [0, 0.1) is 5.92 Å². The van der Waals surface area contributed by atoms with Crippen LogP contribution in [0.4, 0.5) is 0 Å². The van der Waals surface area contributed by atoms with Crippen molar-refractivity contribution in [3.8, 4) is 5.75 Å². The molecule has 1 saturated heterocycles. The van der Waals surface area contributed by atoms with Crippen molar-refractivity contribution in [2.45, 2.75) is 45.3 Å². The first-order valence-electron chi connectivity index (χ1n) is 7.33. The van der Waals surface area contributed by atoms with Crippen LogP contribution in [0.5, 0.6) is 5.75 Å².